The van der Waals surface area contributed by atoms with Crippen LogP contribution < -0.4 is 10.2 Å². The third kappa shape index (κ3) is 5.32. The second-order valence-electron chi connectivity index (χ2n) is 10.3. The Morgan fingerprint density at radius 3 is 2.54 bits per heavy atom. The molecule has 2 heterocycles. The highest BCUT2D eigenvalue weighted by Gasteiger charge is 2.35. The van der Waals surface area contributed by atoms with E-state index in [-0.39, 0.29) is 17.7 Å². The lowest BCUT2D eigenvalue weighted by Gasteiger charge is -2.38. The normalized spacial score (nSPS) is 23.9. The molecule has 1 aromatic heterocycles. The summed E-state index contributed by atoms with van der Waals surface area (Å²) in [6.07, 6.45) is 7.96. The van der Waals surface area contributed by atoms with Crippen LogP contribution in [-0.4, -0.2) is 64.6 Å². The first kappa shape index (κ1) is 24.5. The number of fused-ring (bicyclic) bond motifs is 1. The van der Waals surface area contributed by atoms with Crippen LogP contribution >= 0.6 is 11.6 Å². The van der Waals surface area contributed by atoms with Crippen LogP contribution in [0.1, 0.15) is 80.2 Å². The molecule has 1 unspecified atom stereocenters. The lowest BCUT2D eigenvalue weighted by molar-refractivity contribution is -0.133. The monoisotopic (exact) mass is 497 g/mol. The number of benzene rings is 1. The number of amides is 1. The topological polar surface area (TPSA) is 81.6 Å². The van der Waals surface area contributed by atoms with Crippen LogP contribution in [0.15, 0.2) is 30.6 Å². The largest absolute Gasteiger partial charge is 0.387 e. The van der Waals surface area contributed by atoms with Gasteiger partial charge in [0.25, 0.3) is 0 Å². The predicted molar refractivity (Wildman–Crippen MR) is 138 cm³/mol. The van der Waals surface area contributed by atoms with E-state index < -0.39 is 6.10 Å². The molecule has 8 heteroatoms. The number of nitrogens with one attached hydrogen (secondary N) is 1. The minimum atomic E-state index is -0.513. The minimum absolute atomic E-state index is 0.173. The number of nitrogens with zero attached hydrogens (tertiary/aromatic N) is 4. The summed E-state index contributed by atoms with van der Waals surface area (Å²) in [5.41, 5.74) is 2.84. The van der Waals surface area contributed by atoms with Crippen molar-refractivity contribution in [1.29, 1.82) is 0 Å². The van der Waals surface area contributed by atoms with Gasteiger partial charge in [-0.05, 0) is 42.9 Å². The molecule has 0 bridgehead atoms. The fourth-order valence-corrected chi connectivity index (χ4v) is 6.07. The number of aromatic nitrogens is 2. The van der Waals surface area contributed by atoms with Crippen LogP contribution in [0.25, 0.3) is 0 Å². The molecular weight excluding hydrogens is 462 g/mol. The fourth-order valence-electron chi connectivity index (χ4n) is 5.95. The van der Waals surface area contributed by atoms with E-state index in [9.17, 15) is 9.90 Å². The third-order valence-electron chi connectivity index (χ3n) is 7.96. The average molecular weight is 498 g/mol. The lowest BCUT2D eigenvalue weighted by Crippen LogP contribution is -2.51. The zero-order valence-electron chi connectivity index (χ0n) is 20.5. The Kier molecular flexibility index (Phi) is 7.56. The number of anilines is 1. The van der Waals surface area contributed by atoms with Crippen LogP contribution in [0.3, 0.4) is 0 Å². The van der Waals surface area contributed by atoms with Gasteiger partial charge in [-0.15, -0.1) is 0 Å². The standard InChI is InChI=1S/C27H36ClN5O2/c1-18-15-23(34)25-24(18)26(31-17-30-25)32-11-13-33(14-12-32)27(35)22(19-7-9-20(28)10-8-19)16-29-21-5-3-2-4-6-21/h7-10,17-18,21-23,29,34H,2-6,11-16H2,1H3/t18?,22-,23-/m1/s1. The lowest BCUT2D eigenvalue weighted by atomic mass is 9.93. The molecule has 5 rings (SSSR count). The highest BCUT2D eigenvalue weighted by Crippen LogP contribution is 2.42. The number of halogens is 1. The number of hydrogen-bond acceptors (Lipinski definition) is 6. The number of rotatable bonds is 6. The quantitative estimate of drug-likeness (QED) is 0.627. The average Bonchev–Trinajstić information content (AvgIpc) is 3.19. The highest BCUT2D eigenvalue weighted by molar-refractivity contribution is 6.30. The molecular formula is C27H36ClN5O2. The predicted octanol–water partition coefficient (Wildman–Crippen LogP) is 4.03. The molecule has 188 valence electrons. The highest BCUT2D eigenvalue weighted by atomic mass is 35.5. The van der Waals surface area contributed by atoms with Gasteiger partial charge >= 0.3 is 0 Å². The molecule has 7 nitrogen and oxygen atoms in total. The maximum Gasteiger partial charge on any atom is 0.231 e. The summed E-state index contributed by atoms with van der Waals surface area (Å²) in [6.45, 7) is 5.53. The molecule has 35 heavy (non-hydrogen) atoms. The van der Waals surface area contributed by atoms with E-state index in [2.05, 4.69) is 27.1 Å². The van der Waals surface area contributed by atoms with Gasteiger partial charge in [0.15, 0.2) is 0 Å². The molecule has 1 saturated carbocycles. The van der Waals surface area contributed by atoms with Crippen molar-refractivity contribution in [1.82, 2.24) is 20.2 Å². The van der Waals surface area contributed by atoms with Gasteiger partial charge in [0.2, 0.25) is 5.91 Å². The first-order valence-electron chi connectivity index (χ1n) is 13.1. The van der Waals surface area contributed by atoms with Crippen molar-refractivity contribution in [3.63, 3.8) is 0 Å². The van der Waals surface area contributed by atoms with Gasteiger partial charge in [-0.2, -0.15) is 0 Å². The minimum Gasteiger partial charge on any atom is -0.387 e. The van der Waals surface area contributed by atoms with E-state index >= 15 is 0 Å². The van der Waals surface area contributed by atoms with Crippen molar-refractivity contribution < 1.29 is 9.90 Å². The molecule has 2 aromatic rings. The zero-order valence-corrected chi connectivity index (χ0v) is 21.3. The van der Waals surface area contributed by atoms with Crippen molar-refractivity contribution in [2.75, 3.05) is 37.6 Å². The first-order chi connectivity index (χ1) is 17.0. The van der Waals surface area contributed by atoms with E-state index in [4.69, 9.17) is 11.6 Å². The molecule has 1 saturated heterocycles. The number of carbonyl (C=O) groups is 1. The summed E-state index contributed by atoms with van der Waals surface area (Å²) in [5, 5.41) is 14.7. The van der Waals surface area contributed by atoms with E-state index in [1.54, 1.807) is 6.33 Å². The molecule has 1 amide bonds. The van der Waals surface area contributed by atoms with Gasteiger partial charge < -0.3 is 20.2 Å². The Morgan fingerprint density at radius 1 is 1.11 bits per heavy atom. The second-order valence-corrected chi connectivity index (χ2v) is 10.7. The molecule has 2 aliphatic carbocycles. The summed E-state index contributed by atoms with van der Waals surface area (Å²) in [6, 6.07) is 8.23. The Labute approximate surface area is 212 Å². The molecule has 0 radical (unpaired) electrons. The Bertz CT molecular complexity index is 1020. The number of piperazine rings is 1. The van der Waals surface area contributed by atoms with Gasteiger partial charge in [-0.25, -0.2) is 9.97 Å². The summed E-state index contributed by atoms with van der Waals surface area (Å²) in [5.74, 6) is 1.10. The van der Waals surface area contributed by atoms with E-state index in [1.165, 1.54) is 32.1 Å². The summed E-state index contributed by atoms with van der Waals surface area (Å²) in [7, 11) is 0. The van der Waals surface area contributed by atoms with Gasteiger partial charge in [0, 0.05) is 49.4 Å². The molecule has 1 aliphatic heterocycles. The van der Waals surface area contributed by atoms with Gasteiger partial charge in [0.05, 0.1) is 17.7 Å². The Balaban J connectivity index is 1.27. The molecule has 3 atom stereocenters. The van der Waals surface area contributed by atoms with E-state index in [0.717, 1.165) is 35.7 Å². The van der Waals surface area contributed by atoms with Crippen molar-refractivity contribution in [2.45, 2.75) is 69.4 Å². The molecule has 3 aliphatic rings. The number of hydrogen-bond donors (Lipinski definition) is 2. The fraction of sp³-hybridized carbons (Fsp3) is 0.593. The van der Waals surface area contributed by atoms with Crippen molar-refractivity contribution in [2.24, 2.45) is 0 Å². The zero-order chi connectivity index (χ0) is 24.4. The van der Waals surface area contributed by atoms with Gasteiger partial charge in [0.1, 0.15) is 12.1 Å². The summed E-state index contributed by atoms with van der Waals surface area (Å²) >= 11 is 6.13. The van der Waals surface area contributed by atoms with Gasteiger partial charge in [-0.3, -0.25) is 4.79 Å². The van der Waals surface area contributed by atoms with Crippen LogP contribution in [0.5, 0.6) is 0 Å². The SMILES string of the molecule is CC1C[C@@H](O)c2ncnc(N3CCN(C(=O)[C@H](CNC4CCCCC4)c4ccc(Cl)cc4)CC3)c21. The van der Waals surface area contributed by atoms with Crippen LogP contribution in [0, 0.1) is 0 Å². The molecule has 2 N–H and O–H groups in total. The Hall–Kier alpha value is -2.22. The number of carbonyl (C=O) groups excluding carboxylic acids is 1. The van der Waals surface area contributed by atoms with Crippen LogP contribution in [0.2, 0.25) is 5.02 Å². The number of aliphatic hydroxyl groups excluding tert-OH is 1. The van der Waals surface area contributed by atoms with Crippen molar-refractivity contribution in [3.05, 3.63) is 52.4 Å². The molecule has 0 spiro atoms. The van der Waals surface area contributed by atoms with Crippen LogP contribution in [0.4, 0.5) is 5.82 Å². The van der Waals surface area contributed by atoms with Crippen LogP contribution in [-0.2, 0) is 4.79 Å². The summed E-state index contributed by atoms with van der Waals surface area (Å²) < 4.78 is 0. The summed E-state index contributed by atoms with van der Waals surface area (Å²) in [4.78, 5) is 26.9. The molecule has 2 fully saturated rings. The van der Waals surface area contributed by atoms with E-state index in [0.29, 0.717) is 37.1 Å². The van der Waals surface area contributed by atoms with E-state index in [1.807, 2.05) is 29.2 Å². The maximum atomic E-state index is 13.8. The maximum absolute atomic E-state index is 13.8. The van der Waals surface area contributed by atoms with Crippen molar-refractivity contribution >= 4 is 23.3 Å². The van der Waals surface area contributed by atoms with Gasteiger partial charge in [-0.1, -0.05) is 49.9 Å². The first-order valence-corrected chi connectivity index (χ1v) is 13.4. The third-order valence-corrected chi connectivity index (χ3v) is 8.21. The smallest absolute Gasteiger partial charge is 0.231 e. The number of aliphatic hydroxyl groups is 1. The Morgan fingerprint density at radius 2 is 1.83 bits per heavy atom. The molecule has 1 aromatic carbocycles. The second kappa shape index (κ2) is 10.8. The van der Waals surface area contributed by atoms with Crippen molar-refractivity contribution in [3.8, 4) is 0 Å².